The molecule has 1 aliphatic heterocycles. The van der Waals surface area contributed by atoms with Gasteiger partial charge in [-0.25, -0.2) is 0 Å². The van der Waals surface area contributed by atoms with Gasteiger partial charge in [0.15, 0.2) is 0 Å². The molecule has 0 bridgehead atoms. The van der Waals surface area contributed by atoms with Crippen molar-refractivity contribution in [3.63, 3.8) is 0 Å². The molecule has 0 spiro atoms. The quantitative estimate of drug-likeness (QED) is 0.391. The van der Waals surface area contributed by atoms with Crippen molar-refractivity contribution in [2.45, 2.75) is 6.04 Å². The molecule has 1 aliphatic rings. The van der Waals surface area contributed by atoms with Crippen molar-refractivity contribution in [1.29, 1.82) is 0 Å². The van der Waals surface area contributed by atoms with Gasteiger partial charge in [0.1, 0.15) is 0 Å². The molecule has 6 nitrogen and oxygen atoms in total. The van der Waals surface area contributed by atoms with E-state index in [2.05, 4.69) is 5.32 Å². The van der Waals surface area contributed by atoms with Crippen molar-refractivity contribution in [2.24, 2.45) is 0 Å². The van der Waals surface area contributed by atoms with Crippen LogP contribution in [0.15, 0.2) is 72.8 Å². The van der Waals surface area contributed by atoms with Crippen molar-refractivity contribution in [3.8, 4) is 0 Å². The predicted molar refractivity (Wildman–Crippen MR) is 112 cm³/mol. The van der Waals surface area contributed by atoms with E-state index in [1.807, 2.05) is 54.6 Å². The van der Waals surface area contributed by atoms with Crippen LogP contribution in [0.3, 0.4) is 0 Å². The second-order valence-corrected chi connectivity index (χ2v) is 7.43. The number of para-hydroxylation sites is 2. The fraction of sp³-hybridized carbons (Fsp3) is 0.0952. The minimum absolute atomic E-state index is 0.0173. The number of anilines is 2. The van der Waals surface area contributed by atoms with Gasteiger partial charge in [0.25, 0.3) is 5.91 Å². The molecule has 7 heteroatoms. The molecule has 0 saturated carbocycles. The number of fused-ring (bicyclic) bond motifs is 1. The Bertz CT molecular complexity index is 1050. The van der Waals surface area contributed by atoms with Crippen LogP contribution in [0.2, 0.25) is 0 Å². The predicted octanol–water partition coefficient (Wildman–Crippen LogP) is 4.87. The summed E-state index contributed by atoms with van der Waals surface area (Å²) < 4.78 is 0. The van der Waals surface area contributed by atoms with Gasteiger partial charge in [-0.3, -0.25) is 14.9 Å². The molecular formula is C21H17N3O3S. The maximum Gasteiger partial charge on any atom is 0.324 e. The zero-order valence-electron chi connectivity index (χ0n) is 14.8. The van der Waals surface area contributed by atoms with Gasteiger partial charge in [-0.2, -0.15) is 0 Å². The second-order valence-electron chi connectivity index (χ2n) is 6.34. The summed E-state index contributed by atoms with van der Waals surface area (Å²) in [6, 6.07) is 20.8. The lowest BCUT2D eigenvalue weighted by Gasteiger charge is -2.35. The summed E-state index contributed by atoms with van der Waals surface area (Å²) in [7, 11) is 0. The van der Waals surface area contributed by atoms with Gasteiger partial charge < -0.3 is 10.2 Å². The van der Waals surface area contributed by atoms with E-state index in [1.165, 1.54) is 12.1 Å². The number of carbonyl (C=O) groups is 1. The van der Waals surface area contributed by atoms with Crippen molar-refractivity contribution in [3.05, 3.63) is 93.4 Å². The van der Waals surface area contributed by atoms with Crippen LogP contribution in [0, 0.1) is 10.1 Å². The Morgan fingerprint density at radius 1 is 1.11 bits per heavy atom. The molecule has 1 unspecified atom stereocenters. The van der Waals surface area contributed by atoms with Crippen LogP contribution in [0.5, 0.6) is 0 Å². The molecule has 1 amide bonds. The summed E-state index contributed by atoms with van der Waals surface area (Å²) in [5, 5.41) is 14.4. The molecule has 3 aromatic rings. The molecule has 4 rings (SSSR count). The number of nitrogens with one attached hydrogen (secondary N) is 1. The number of rotatable bonds is 4. The summed E-state index contributed by atoms with van der Waals surface area (Å²) in [5.74, 6) is -0.161. The molecule has 0 fully saturated rings. The third-order valence-corrected chi connectivity index (χ3v) is 5.54. The Kier molecular flexibility index (Phi) is 4.90. The van der Waals surface area contributed by atoms with Crippen molar-refractivity contribution < 1.29 is 9.72 Å². The van der Waals surface area contributed by atoms with E-state index in [0.29, 0.717) is 11.4 Å². The molecule has 0 aliphatic carbocycles. The normalized spacial score (nSPS) is 15.9. The van der Waals surface area contributed by atoms with E-state index in [-0.39, 0.29) is 17.0 Å². The third kappa shape index (κ3) is 3.65. The van der Waals surface area contributed by atoms with Gasteiger partial charge in [-0.05, 0) is 29.8 Å². The Balaban J connectivity index is 1.60. The minimum atomic E-state index is -0.430. The molecular weight excluding hydrogens is 374 g/mol. The maximum atomic E-state index is 12.9. The molecule has 2 heterocycles. The Morgan fingerprint density at radius 3 is 2.61 bits per heavy atom. The summed E-state index contributed by atoms with van der Waals surface area (Å²) in [4.78, 5) is 25.7. The lowest BCUT2D eigenvalue weighted by molar-refractivity contribution is -0.380. The number of nitro groups is 1. The minimum Gasteiger partial charge on any atom is -0.375 e. The highest BCUT2D eigenvalue weighted by atomic mass is 32.1. The first-order valence-corrected chi connectivity index (χ1v) is 9.58. The first-order valence-electron chi connectivity index (χ1n) is 8.76. The first-order chi connectivity index (χ1) is 13.6. The molecule has 140 valence electrons. The molecule has 2 aromatic carbocycles. The highest BCUT2D eigenvalue weighted by Gasteiger charge is 2.27. The SMILES string of the molecule is O=C(/C=C/c1ccc([N+](=O)[O-])s1)N1CC(c2ccccc2)Nc2ccccc21. The summed E-state index contributed by atoms with van der Waals surface area (Å²) in [5.41, 5.74) is 2.82. The summed E-state index contributed by atoms with van der Waals surface area (Å²) in [6.45, 7) is 0.495. The van der Waals surface area contributed by atoms with Gasteiger partial charge in [0.05, 0.1) is 28.9 Å². The monoisotopic (exact) mass is 391 g/mol. The third-order valence-electron chi connectivity index (χ3n) is 4.54. The van der Waals surface area contributed by atoms with E-state index >= 15 is 0 Å². The van der Waals surface area contributed by atoms with E-state index in [1.54, 1.807) is 17.0 Å². The second kappa shape index (κ2) is 7.66. The van der Waals surface area contributed by atoms with Gasteiger partial charge in [-0.1, -0.05) is 53.8 Å². The Labute approximate surface area is 165 Å². The van der Waals surface area contributed by atoms with Crippen molar-refractivity contribution in [2.75, 3.05) is 16.8 Å². The number of hydrogen-bond acceptors (Lipinski definition) is 5. The lowest BCUT2D eigenvalue weighted by Crippen LogP contribution is -2.39. The Hall–Kier alpha value is -3.45. The zero-order valence-corrected chi connectivity index (χ0v) is 15.6. The number of carbonyl (C=O) groups excluding carboxylic acids is 1. The van der Waals surface area contributed by atoms with Crippen LogP contribution >= 0.6 is 11.3 Å². The molecule has 0 radical (unpaired) electrons. The maximum absolute atomic E-state index is 12.9. The molecule has 28 heavy (non-hydrogen) atoms. The van der Waals surface area contributed by atoms with Crippen LogP contribution in [-0.2, 0) is 4.79 Å². The highest BCUT2D eigenvalue weighted by molar-refractivity contribution is 7.16. The molecule has 0 saturated heterocycles. The van der Waals surface area contributed by atoms with E-state index < -0.39 is 4.92 Å². The molecule has 1 aromatic heterocycles. The average molecular weight is 391 g/mol. The number of benzene rings is 2. The first kappa shape index (κ1) is 17.9. The van der Waals surface area contributed by atoms with Crippen molar-refractivity contribution in [1.82, 2.24) is 0 Å². The van der Waals surface area contributed by atoms with Gasteiger partial charge in [0.2, 0.25) is 0 Å². The highest BCUT2D eigenvalue weighted by Crippen LogP contribution is 2.35. The molecule has 1 N–H and O–H groups in total. The van der Waals surface area contributed by atoms with E-state index in [4.69, 9.17) is 0 Å². The fourth-order valence-corrected chi connectivity index (χ4v) is 3.93. The van der Waals surface area contributed by atoms with E-state index in [0.717, 1.165) is 28.3 Å². The van der Waals surface area contributed by atoms with Gasteiger partial charge in [0, 0.05) is 17.0 Å². The van der Waals surface area contributed by atoms with Crippen LogP contribution in [0.25, 0.3) is 6.08 Å². The summed E-state index contributed by atoms with van der Waals surface area (Å²) in [6.07, 6.45) is 3.10. The number of hydrogen-bond donors (Lipinski definition) is 1. The Morgan fingerprint density at radius 2 is 1.86 bits per heavy atom. The average Bonchev–Trinajstić information content (AvgIpc) is 3.21. The lowest BCUT2D eigenvalue weighted by atomic mass is 10.0. The largest absolute Gasteiger partial charge is 0.375 e. The summed E-state index contributed by atoms with van der Waals surface area (Å²) >= 11 is 1.04. The van der Waals surface area contributed by atoms with Crippen LogP contribution in [-0.4, -0.2) is 17.4 Å². The van der Waals surface area contributed by atoms with Crippen LogP contribution < -0.4 is 10.2 Å². The van der Waals surface area contributed by atoms with Gasteiger partial charge in [-0.15, -0.1) is 0 Å². The van der Waals surface area contributed by atoms with Gasteiger partial charge >= 0.3 is 5.00 Å². The standard InChI is InChI=1S/C21H17N3O3S/c25-20(12-10-16-11-13-21(28-16)24(26)27)23-14-18(15-6-2-1-3-7-15)22-17-8-4-5-9-19(17)23/h1-13,18,22H,14H2/b12-10+. The number of amides is 1. The van der Waals surface area contributed by atoms with E-state index in [9.17, 15) is 14.9 Å². The zero-order chi connectivity index (χ0) is 19.5. The fourth-order valence-electron chi connectivity index (χ4n) is 3.20. The van der Waals surface area contributed by atoms with Crippen LogP contribution in [0.4, 0.5) is 16.4 Å². The topological polar surface area (TPSA) is 75.5 Å². The molecule has 1 atom stereocenters. The van der Waals surface area contributed by atoms with Crippen LogP contribution in [0.1, 0.15) is 16.5 Å². The number of thiophene rings is 1. The number of nitrogens with zero attached hydrogens (tertiary/aromatic N) is 2. The van der Waals surface area contributed by atoms with Crippen molar-refractivity contribution >= 4 is 39.7 Å². The smallest absolute Gasteiger partial charge is 0.324 e.